The molecule has 2 aliphatic heterocycles. The van der Waals surface area contributed by atoms with Gasteiger partial charge in [0.2, 0.25) is 11.9 Å². The summed E-state index contributed by atoms with van der Waals surface area (Å²) in [7, 11) is 2.16. The molecular weight excluding hydrogens is 432 g/mol. The fourth-order valence-electron chi connectivity index (χ4n) is 3.99. The number of hydrogen-bond donors (Lipinski definition) is 2. The first-order valence-corrected chi connectivity index (χ1v) is 11.5. The first kappa shape index (κ1) is 22.8. The SMILES string of the molecule is Cc1nn(C2CCN(C)CC2)cc1Nc1ncc(Cl)c(NCCCN2CCOCC2=O)n1. The second-order valence-electron chi connectivity index (χ2n) is 8.37. The third-order valence-electron chi connectivity index (χ3n) is 5.95. The predicted octanol–water partition coefficient (Wildman–Crippen LogP) is 2.31. The number of nitrogens with zero attached hydrogens (tertiary/aromatic N) is 6. The number of hydrogen-bond acceptors (Lipinski definition) is 8. The highest BCUT2D eigenvalue weighted by molar-refractivity contribution is 6.32. The number of nitrogens with one attached hydrogen (secondary N) is 2. The molecule has 2 fully saturated rings. The summed E-state index contributed by atoms with van der Waals surface area (Å²) in [5.74, 6) is 1.07. The lowest BCUT2D eigenvalue weighted by molar-refractivity contribution is -0.142. The predicted molar refractivity (Wildman–Crippen MR) is 124 cm³/mol. The van der Waals surface area contributed by atoms with Crippen molar-refractivity contribution in [2.24, 2.45) is 0 Å². The van der Waals surface area contributed by atoms with E-state index in [9.17, 15) is 4.79 Å². The average Bonchev–Trinajstić information content (AvgIpc) is 3.15. The highest BCUT2D eigenvalue weighted by Gasteiger charge is 2.21. The van der Waals surface area contributed by atoms with Gasteiger partial charge in [-0.25, -0.2) is 4.98 Å². The number of likely N-dealkylation sites (tertiary alicyclic amines) is 1. The molecule has 0 atom stereocenters. The van der Waals surface area contributed by atoms with Crippen molar-refractivity contribution in [3.8, 4) is 0 Å². The monoisotopic (exact) mass is 462 g/mol. The smallest absolute Gasteiger partial charge is 0.248 e. The normalized spacial score (nSPS) is 18.2. The zero-order valence-corrected chi connectivity index (χ0v) is 19.4. The Morgan fingerprint density at radius 1 is 1.28 bits per heavy atom. The van der Waals surface area contributed by atoms with Crippen LogP contribution in [-0.2, 0) is 9.53 Å². The van der Waals surface area contributed by atoms with E-state index in [0.29, 0.717) is 49.1 Å². The van der Waals surface area contributed by atoms with Gasteiger partial charge in [0.1, 0.15) is 17.4 Å². The van der Waals surface area contributed by atoms with Crippen LogP contribution in [0.4, 0.5) is 17.5 Å². The molecular formula is C21H31ClN8O2. The molecule has 0 unspecified atom stereocenters. The summed E-state index contributed by atoms with van der Waals surface area (Å²) in [6.07, 6.45) is 6.60. The Kier molecular flexibility index (Phi) is 7.44. The second-order valence-corrected chi connectivity index (χ2v) is 8.78. The topological polar surface area (TPSA) is 100 Å². The number of carbonyl (C=O) groups is 1. The number of amides is 1. The van der Waals surface area contributed by atoms with Crippen LogP contribution in [0.25, 0.3) is 0 Å². The number of ether oxygens (including phenoxy) is 1. The average molecular weight is 463 g/mol. The van der Waals surface area contributed by atoms with Gasteiger partial charge in [-0.2, -0.15) is 10.1 Å². The first-order chi connectivity index (χ1) is 15.5. The molecule has 0 saturated carbocycles. The van der Waals surface area contributed by atoms with Crippen LogP contribution >= 0.6 is 11.6 Å². The van der Waals surface area contributed by atoms with Gasteiger partial charge in [0.25, 0.3) is 0 Å². The van der Waals surface area contributed by atoms with Gasteiger partial charge >= 0.3 is 0 Å². The summed E-state index contributed by atoms with van der Waals surface area (Å²) >= 11 is 6.28. The summed E-state index contributed by atoms with van der Waals surface area (Å²) in [5.41, 5.74) is 1.80. The molecule has 0 bridgehead atoms. The van der Waals surface area contributed by atoms with E-state index in [2.05, 4.69) is 37.2 Å². The molecule has 2 aromatic heterocycles. The molecule has 2 aromatic rings. The zero-order valence-electron chi connectivity index (χ0n) is 18.7. The minimum absolute atomic E-state index is 0.0407. The molecule has 32 heavy (non-hydrogen) atoms. The molecule has 174 valence electrons. The molecule has 11 heteroatoms. The van der Waals surface area contributed by atoms with Gasteiger partial charge in [0.05, 0.1) is 30.2 Å². The zero-order chi connectivity index (χ0) is 22.5. The molecule has 0 radical (unpaired) electrons. The summed E-state index contributed by atoms with van der Waals surface area (Å²) in [6, 6.07) is 0.419. The number of piperidine rings is 1. The highest BCUT2D eigenvalue weighted by Crippen LogP contribution is 2.26. The lowest BCUT2D eigenvalue weighted by Crippen LogP contribution is -2.42. The van der Waals surface area contributed by atoms with Crippen LogP contribution in [0.3, 0.4) is 0 Å². The largest absolute Gasteiger partial charge is 0.370 e. The molecule has 0 aliphatic carbocycles. The summed E-state index contributed by atoms with van der Waals surface area (Å²) < 4.78 is 7.22. The van der Waals surface area contributed by atoms with Crippen molar-refractivity contribution in [3.63, 3.8) is 0 Å². The fourth-order valence-corrected chi connectivity index (χ4v) is 4.14. The van der Waals surface area contributed by atoms with E-state index in [4.69, 9.17) is 21.4 Å². The Hall–Kier alpha value is -2.43. The van der Waals surface area contributed by atoms with E-state index in [-0.39, 0.29) is 12.5 Å². The van der Waals surface area contributed by atoms with Crippen molar-refractivity contribution < 1.29 is 9.53 Å². The second kappa shape index (κ2) is 10.5. The molecule has 4 rings (SSSR count). The molecule has 0 aromatic carbocycles. The number of aromatic nitrogens is 4. The van der Waals surface area contributed by atoms with Gasteiger partial charge < -0.3 is 25.2 Å². The van der Waals surface area contributed by atoms with Crippen LogP contribution in [0, 0.1) is 6.92 Å². The van der Waals surface area contributed by atoms with Gasteiger partial charge in [0, 0.05) is 25.8 Å². The Balaban J connectivity index is 1.33. The van der Waals surface area contributed by atoms with Crippen LogP contribution < -0.4 is 10.6 Å². The Labute approximate surface area is 193 Å². The van der Waals surface area contributed by atoms with E-state index in [1.807, 2.05) is 18.0 Å². The van der Waals surface area contributed by atoms with E-state index in [1.165, 1.54) is 0 Å². The molecule has 1 amide bonds. The quantitative estimate of drug-likeness (QED) is 0.576. The van der Waals surface area contributed by atoms with E-state index < -0.39 is 0 Å². The minimum atomic E-state index is 0.0407. The molecule has 0 spiro atoms. The van der Waals surface area contributed by atoms with Crippen LogP contribution in [0.15, 0.2) is 12.4 Å². The van der Waals surface area contributed by atoms with E-state index in [1.54, 1.807) is 6.20 Å². The maximum Gasteiger partial charge on any atom is 0.248 e. The molecule has 4 heterocycles. The molecule has 2 N–H and O–H groups in total. The number of morpholine rings is 1. The summed E-state index contributed by atoms with van der Waals surface area (Å²) in [4.78, 5) is 24.8. The number of anilines is 3. The number of halogens is 1. The van der Waals surface area contributed by atoms with Crippen molar-refractivity contribution in [3.05, 3.63) is 23.1 Å². The van der Waals surface area contributed by atoms with Crippen LogP contribution in [0.5, 0.6) is 0 Å². The number of carbonyl (C=O) groups excluding carboxylic acids is 1. The Morgan fingerprint density at radius 2 is 2.09 bits per heavy atom. The third-order valence-corrected chi connectivity index (χ3v) is 6.23. The Morgan fingerprint density at radius 3 is 2.88 bits per heavy atom. The van der Waals surface area contributed by atoms with Crippen molar-refractivity contribution in [1.29, 1.82) is 0 Å². The molecule has 2 aliphatic rings. The van der Waals surface area contributed by atoms with E-state index in [0.717, 1.165) is 43.7 Å². The fraction of sp³-hybridized carbons (Fsp3) is 0.619. The number of aryl methyl sites for hydroxylation is 1. The van der Waals surface area contributed by atoms with Crippen molar-refractivity contribution in [2.45, 2.75) is 32.2 Å². The van der Waals surface area contributed by atoms with Gasteiger partial charge in [-0.1, -0.05) is 11.6 Å². The van der Waals surface area contributed by atoms with Crippen LogP contribution in [0.1, 0.15) is 31.0 Å². The van der Waals surface area contributed by atoms with Gasteiger partial charge in [-0.05, 0) is 46.3 Å². The van der Waals surface area contributed by atoms with Crippen LogP contribution in [-0.4, -0.2) is 88.4 Å². The number of rotatable bonds is 8. The van der Waals surface area contributed by atoms with E-state index >= 15 is 0 Å². The molecule has 2 saturated heterocycles. The Bertz CT molecular complexity index is 929. The standard InChI is InChI=1S/C21H31ClN8O2/c1-15-18(13-30(27-15)16-4-8-28(2)9-5-16)25-21-24-12-17(22)20(26-21)23-6-3-7-29-10-11-32-14-19(29)31/h12-13,16H,3-11,14H2,1-2H3,(H2,23,24,25,26). The third kappa shape index (κ3) is 5.67. The van der Waals surface area contributed by atoms with Crippen LogP contribution in [0.2, 0.25) is 5.02 Å². The maximum atomic E-state index is 11.8. The van der Waals surface area contributed by atoms with Crippen molar-refractivity contribution in [2.75, 3.05) is 63.6 Å². The first-order valence-electron chi connectivity index (χ1n) is 11.1. The summed E-state index contributed by atoms with van der Waals surface area (Å²) in [6.45, 7) is 6.89. The lowest BCUT2D eigenvalue weighted by Gasteiger charge is -2.28. The van der Waals surface area contributed by atoms with Crippen molar-refractivity contribution >= 4 is 35.0 Å². The van der Waals surface area contributed by atoms with Gasteiger partial charge in [-0.3, -0.25) is 9.48 Å². The molecule has 10 nitrogen and oxygen atoms in total. The lowest BCUT2D eigenvalue weighted by atomic mass is 10.1. The van der Waals surface area contributed by atoms with Crippen molar-refractivity contribution in [1.82, 2.24) is 29.5 Å². The summed E-state index contributed by atoms with van der Waals surface area (Å²) in [5, 5.41) is 11.7. The minimum Gasteiger partial charge on any atom is -0.370 e. The maximum absolute atomic E-state index is 11.8. The van der Waals surface area contributed by atoms with Gasteiger partial charge in [-0.15, -0.1) is 0 Å². The highest BCUT2D eigenvalue weighted by atomic mass is 35.5. The van der Waals surface area contributed by atoms with Gasteiger partial charge in [0.15, 0.2) is 0 Å².